The third-order valence-electron chi connectivity index (χ3n) is 3.06. The summed E-state index contributed by atoms with van der Waals surface area (Å²) in [6.45, 7) is 2.30. The van der Waals surface area contributed by atoms with Crippen molar-refractivity contribution < 1.29 is 22.6 Å². The van der Waals surface area contributed by atoms with Crippen LogP contribution >= 0.6 is 11.6 Å². The fourth-order valence-electron chi connectivity index (χ4n) is 1.87. The van der Waals surface area contributed by atoms with Crippen molar-refractivity contribution in [1.29, 1.82) is 0 Å². The minimum atomic E-state index is -4.43. The number of anilines is 1. The van der Waals surface area contributed by atoms with Crippen LogP contribution in [0.4, 0.5) is 19.0 Å². The second-order valence-corrected chi connectivity index (χ2v) is 5.16. The van der Waals surface area contributed by atoms with E-state index in [0.717, 1.165) is 12.3 Å². The molecule has 1 aromatic heterocycles. The molecule has 0 saturated carbocycles. The fourth-order valence-corrected chi connectivity index (χ4v) is 2.08. The lowest BCUT2D eigenvalue weighted by Gasteiger charge is -2.11. The Morgan fingerprint density at radius 2 is 2.04 bits per heavy atom. The van der Waals surface area contributed by atoms with E-state index in [4.69, 9.17) is 21.1 Å². The molecule has 0 radical (unpaired) electrons. The highest BCUT2D eigenvalue weighted by atomic mass is 35.5. The second kappa shape index (κ2) is 8.06. The molecule has 0 saturated heterocycles. The van der Waals surface area contributed by atoms with Crippen molar-refractivity contribution in [1.82, 2.24) is 4.98 Å². The number of pyridine rings is 1. The van der Waals surface area contributed by atoms with Crippen LogP contribution in [0.3, 0.4) is 0 Å². The van der Waals surface area contributed by atoms with Crippen LogP contribution in [0.15, 0.2) is 35.6 Å². The maximum atomic E-state index is 12.5. The maximum Gasteiger partial charge on any atom is 0.417 e. The van der Waals surface area contributed by atoms with E-state index in [2.05, 4.69) is 15.5 Å². The van der Waals surface area contributed by atoms with Crippen LogP contribution < -0.4 is 14.9 Å². The van der Waals surface area contributed by atoms with E-state index >= 15 is 0 Å². The third-order valence-corrected chi connectivity index (χ3v) is 3.38. The summed E-state index contributed by atoms with van der Waals surface area (Å²) in [7, 11) is 1.50. The van der Waals surface area contributed by atoms with Gasteiger partial charge in [0, 0.05) is 17.8 Å². The number of halogens is 4. The molecule has 25 heavy (non-hydrogen) atoms. The van der Waals surface area contributed by atoms with Gasteiger partial charge < -0.3 is 9.47 Å². The van der Waals surface area contributed by atoms with Crippen molar-refractivity contribution in [3.05, 3.63) is 46.6 Å². The Labute approximate surface area is 147 Å². The van der Waals surface area contributed by atoms with Gasteiger partial charge >= 0.3 is 6.18 Å². The smallest absolute Gasteiger partial charge is 0.417 e. The van der Waals surface area contributed by atoms with E-state index in [1.165, 1.54) is 19.4 Å². The topological polar surface area (TPSA) is 55.7 Å². The molecule has 5 nitrogen and oxygen atoms in total. The molecule has 2 rings (SSSR count). The van der Waals surface area contributed by atoms with Crippen molar-refractivity contribution >= 4 is 23.6 Å². The Morgan fingerprint density at radius 1 is 1.28 bits per heavy atom. The van der Waals surface area contributed by atoms with Crippen molar-refractivity contribution in [2.45, 2.75) is 13.1 Å². The van der Waals surface area contributed by atoms with Crippen LogP contribution in [0, 0.1) is 0 Å². The van der Waals surface area contributed by atoms with Gasteiger partial charge in [0.15, 0.2) is 11.5 Å². The molecule has 0 aliphatic rings. The van der Waals surface area contributed by atoms with Crippen LogP contribution in [0.25, 0.3) is 0 Å². The summed E-state index contributed by atoms with van der Waals surface area (Å²) in [4.78, 5) is 3.65. The zero-order valence-electron chi connectivity index (χ0n) is 13.4. The number of nitrogens with one attached hydrogen (secondary N) is 1. The van der Waals surface area contributed by atoms with E-state index in [1.807, 2.05) is 6.92 Å². The average Bonchev–Trinajstić information content (AvgIpc) is 2.56. The normalized spacial score (nSPS) is 11.6. The van der Waals surface area contributed by atoms with Gasteiger partial charge in [0.1, 0.15) is 5.82 Å². The third kappa shape index (κ3) is 4.99. The Bertz CT molecular complexity index is 750. The molecule has 134 valence electrons. The first-order valence-corrected chi connectivity index (χ1v) is 7.55. The molecule has 0 fully saturated rings. The fraction of sp³-hybridized carbons (Fsp3) is 0.250. The van der Waals surface area contributed by atoms with Crippen LogP contribution in [0.5, 0.6) is 11.5 Å². The molecule has 0 aliphatic carbocycles. The number of aromatic nitrogens is 1. The molecule has 1 heterocycles. The Morgan fingerprint density at radius 3 is 2.60 bits per heavy atom. The van der Waals surface area contributed by atoms with Gasteiger partial charge in [0.2, 0.25) is 0 Å². The maximum absolute atomic E-state index is 12.5. The number of nitrogens with zero attached hydrogens (tertiary/aromatic N) is 2. The summed E-state index contributed by atoms with van der Waals surface area (Å²) in [5, 5.41) is 4.30. The van der Waals surface area contributed by atoms with Crippen LogP contribution in [-0.4, -0.2) is 24.9 Å². The van der Waals surface area contributed by atoms with Crippen molar-refractivity contribution in [3.8, 4) is 11.5 Å². The molecule has 1 aromatic carbocycles. The molecule has 0 amide bonds. The van der Waals surface area contributed by atoms with Gasteiger partial charge in [-0.3, -0.25) is 5.43 Å². The number of rotatable bonds is 6. The average molecular weight is 374 g/mol. The number of benzene rings is 1. The molecule has 0 atom stereocenters. The number of hydrazone groups is 1. The van der Waals surface area contributed by atoms with Gasteiger partial charge in [-0.15, -0.1) is 0 Å². The molecular weight excluding hydrogens is 359 g/mol. The monoisotopic (exact) mass is 373 g/mol. The van der Waals surface area contributed by atoms with Crippen LogP contribution in [-0.2, 0) is 6.18 Å². The first-order chi connectivity index (χ1) is 11.8. The first kappa shape index (κ1) is 18.9. The Kier molecular flexibility index (Phi) is 6.08. The summed E-state index contributed by atoms with van der Waals surface area (Å²) in [5.41, 5.74) is 2.25. The van der Waals surface area contributed by atoms with E-state index in [1.54, 1.807) is 12.1 Å². The molecule has 2 aromatic rings. The van der Waals surface area contributed by atoms with Crippen molar-refractivity contribution in [3.63, 3.8) is 0 Å². The summed E-state index contributed by atoms with van der Waals surface area (Å²) in [6.07, 6.45) is -2.30. The van der Waals surface area contributed by atoms with E-state index in [-0.39, 0.29) is 5.82 Å². The van der Waals surface area contributed by atoms with Crippen LogP contribution in [0.1, 0.15) is 18.1 Å². The number of hydrogen-bond acceptors (Lipinski definition) is 5. The van der Waals surface area contributed by atoms with Gasteiger partial charge in [-0.25, -0.2) is 4.98 Å². The van der Waals surface area contributed by atoms with Crippen molar-refractivity contribution in [2.24, 2.45) is 5.10 Å². The zero-order chi connectivity index (χ0) is 18.4. The minimum Gasteiger partial charge on any atom is -0.493 e. The number of methoxy groups -OCH3 is 1. The summed E-state index contributed by atoms with van der Waals surface area (Å²) < 4.78 is 48.0. The molecule has 0 spiro atoms. The van der Waals surface area contributed by atoms with Crippen molar-refractivity contribution in [2.75, 3.05) is 19.1 Å². The predicted octanol–water partition coefficient (Wildman–Crippen LogP) is 4.61. The summed E-state index contributed by atoms with van der Waals surface area (Å²) in [6, 6.07) is 5.33. The lowest BCUT2D eigenvalue weighted by atomic mass is 10.2. The van der Waals surface area contributed by atoms with Gasteiger partial charge in [-0.1, -0.05) is 11.6 Å². The predicted molar refractivity (Wildman–Crippen MR) is 89.6 cm³/mol. The van der Waals surface area contributed by atoms with Gasteiger partial charge in [-0.2, -0.15) is 18.3 Å². The molecule has 9 heteroatoms. The molecule has 0 unspecified atom stereocenters. The zero-order valence-corrected chi connectivity index (χ0v) is 14.1. The summed E-state index contributed by atoms with van der Waals surface area (Å²) in [5.74, 6) is 1.16. The highest BCUT2D eigenvalue weighted by Crippen LogP contribution is 2.32. The van der Waals surface area contributed by atoms with E-state index < -0.39 is 11.7 Å². The number of ether oxygens (including phenoxy) is 2. The number of hydrogen-bond donors (Lipinski definition) is 1. The van der Waals surface area contributed by atoms with Gasteiger partial charge in [0.05, 0.1) is 30.5 Å². The number of alkyl halides is 3. The Balaban J connectivity index is 2.11. The molecule has 0 bridgehead atoms. The van der Waals surface area contributed by atoms with E-state index in [9.17, 15) is 13.2 Å². The largest absolute Gasteiger partial charge is 0.493 e. The highest BCUT2D eigenvalue weighted by Gasteiger charge is 2.30. The minimum absolute atomic E-state index is 0.165. The lowest BCUT2D eigenvalue weighted by molar-refractivity contribution is -0.137. The van der Waals surface area contributed by atoms with Gasteiger partial charge in [0.25, 0.3) is 0 Å². The molecule has 0 aliphatic heterocycles. The molecular formula is C16H15ClF3N3O2. The quantitative estimate of drug-likeness (QED) is 0.593. The van der Waals surface area contributed by atoms with Crippen LogP contribution in [0.2, 0.25) is 5.02 Å². The van der Waals surface area contributed by atoms with Gasteiger partial charge in [-0.05, 0) is 25.1 Å². The SMILES string of the molecule is CCOc1cc(Cl)c(/C=N\Nc2ccc(C(F)(F)F)cn2)cc1OC. The Hall–Kier alpha value is -2.48. The summed E-state index contributed by atoms with van der Waals surface area (Å²) >= 11 is 6.15. The highest BCUT2D eigenvalue weighted by molar-refractivity contribution is 6.33. The first-order valence-electron chi connectivity index (χ1n) is 7.17. The molecule has 1 N–H and O–H groups in total. The van der Waals surface area contributed by atoms with E-state index in [0.29, 0.717) is 28.7 Å². The standard InChI is InChI=1S/C16H15ClF3N3O2/c1-3-25-14-7-12(17)10(6-13(14)24-2)8-22-23-15-5-4-11(9-21-15)16(18,19)20/h4-9H,3H2,1-2H3,(H,21,23)/b22-8-. The second-order valence-electron chi connectivity index (χ2n) is 4.76. The lowest BCUT2D eigenvalue weighted by Crippen LogP contribution is -2.05.